The zero-order valence-electron chi connectivity index (χ0n) is 14.5. The number of hydrogen-bond acceptors (Lipinski definition) is 4. The van der Waals surface area contributed by atoms with E-state index in [0.29, 0.717) is 11.8 Å². The van der Waals surface area contributed by atoms with Crippen LogP contribution in [0.2, 0.25) is 0 Å². The van der Waals surface area contributed by atoms with Gasteiger partial charge in [-0.25, -0.2) is 0 Å². The molecule has 0 saturated carbocycles. The molecule has 0 aliphatic carbocycles. The van der Waals surface area contributed by atoms with E-state index >= 15 is 0 Å². The monoisotopic (exact) mass is 329 g/mol. The predicted molar refractivity (Wildman–Crippen MR) is 90.3 cm³/mol. The number of imide groups is 1. The minimum Gasteiger partial charge on any atom is -0.461 e. The van der Waals surface area contributed by atoms with Crippen LogP contribution in [0, 0.1) is 0 Å². The second kappa shape index (κ2) is 7.43. The van der Waals surface area contributed by atoms with Gasteiger partial charge < -0.3 is 4.74 Å². The molecule has 0 atom stereocenters. The summed E-state index contributed by atoms with van der Waals surface area (Å²) in [4.78, 5) is 34.5. The number of benzene rings is 1. The second-order valence-electron chi connectivity index (χ2n) is 6.59. The summed E-state index contributed by atoms with van der Waals surface area (Å²) in [5.41, 5.74) is 3.45. The molecule has 0 unspecified atom stereocenters. The average molecular weight is 329 g/mol. The molecule has 1 aromatic carbocycles. The number of amides is 2. The van der Waals surface area contributed by atoms with Gasteiger partial charge in [-0.15, -0.1) is 0 Å². The van der Waals surface area contributed by atoms with E-state index in [4.69, 9.17) is 4.74 Å². The van der Waals surface area contributed by atoms with Gasteiger partial charge in [0.25, 0.3) is 11.8 Å². The molecule has 0 fully saturated rings. The molecule has 0 spiro atoms. The van der Waals surface area contributed by atoms with Crippen LogP contribution in [0.1, 0.15) is 62.6 Å². The molecule has 2 rings (SSSR count). The molecule has 0 bridgehead atoms. The van der Waals surface area contributed by atoms with Gasteiger partial charge in [0.15, 0.2) is 0 Å². The van der Waals surface area contributed by atoms with Crippen LogP contribution in [-0.4, -0.2) is 17.8 Å². The maximum absolute atomic E-state index is 12.0. The number of esters is 1. The van der Waals surface area contributed by atoms with Gasteiger partial charge in [-0.3, -0.25) is 19.7 Å². The normalized spacial score (nSPS) is 14.2. The third-order valence-electron chi connectivity index (χ3n) is 4.01. The molecular formula is C19H23NO4. The summed E-state index contributed by atoms with van der Waals surface area (Å²) in [5, 5.41) is 2.11. The zero-order chi connectivity index (χ0) is 17.9. The van der Waals surface area contributed by atoms with Crippen molar-refractivity contribution in [1.82, 2.24) is 5.32 Å². The Labute approximate surface area is 142 Å². The molecule has 5 nitrogen and oxygen atoms in total. The average Bonchev–Trinajstić information content (AvgIpc) is 2.82. The van der Waals surface area contributed by atoms with Gasteiger partial charge in [-0.05, 0) is 28.5 Å². The number of rotatable bonds is 6. The molecular weight excluding hydrogens is 306 g/mol. The van der Waals surface area contributed by atoms with Crippen molar-refractivity contribution in [3.8, 4) is 0 Å². The van der Waals surface area contributed by atoms with Crippen molar-refractivity contribution in [3.05, 3.63) is 46.5 Å². The smallest absolute Gasteiger partial charge is 0.310 e. The lowest BCUT2D eigenvalue weighted by Gasteiger charge is -2.16. The fraction of sp³-hybridized carbons (Fsp3) is 0.421. The minimum atomic E-state index is -0.526. The van der Waals surface area contributed by atoms with Crippen molar-refractivity contribution in [2.75, 3.05) is 0 Å². The molecule has 1 heterocycles. The van der Waals surface area contributed by atoms with Gasteiger partial charge in [-0.1, -0.05) is 45.9 Å². The van der Waals surface area contributed by atoms with Crippen LogP contribution in [0.15, 0.2) is 29.8 Å². The highest BCUT2D eigenvalue weighted by Gasteiger charge is 2.23. The molecule has 24 heavy (non-hydrogen) atoms. The van der Waals surface area contributed by atoms with E-state index in [9.17, 15) is 14.4 Å². The Morgan fingerprint density at radius 2 is 1.83 bits per heavy atom. The summed E-state index contributed by atoms with van der Waals surface area (Å²) in [6, 6.07) is 6.25. The predicted octanol–water partition coefficient (Wildman–Crippen LogP) is 2.95. The van der Waals surface area contributed by atoms with Crippen molar-refractivity contribution in [1.29, 1.82) is 0 Å². The topological polar surface area (TPSA) is 72.5 Å². The fourth-order valence-electron chi connectivity index (χ4n) is 2.62. The van der Waals surface area contributed by atoms with E-state index in [1.807, 2.05) is 0 Å². The Bertz CT molecular complexity index is 701. The molecule has 0 radical (unpaired) electrons. The summed E-state index contributed by atoms with van der Waals surface area (Å²) in [6.07, 6.45) is 0.945. The Morgan fingerprint density at radius 3 is 2.38 bits per heavy atom. The van der Waals surface area contributed by atoms with Crippen molar-refractivity contribution in [3.63, 3.8) is 0 Å². The van der Waals surface area contributed by atoms with Crippen LogP contribution in [0.3, 0.4) is 0 Å². The first-order valence-corrected chi connectivity index (χ1v) is 8.12. The SMILES string of the molecule is CC(C)c1ccc(C(C)C)c(COC(=O)CC2=CC(=O)NC2=O)c1. The highest BCUT2D eigenvalue weighted by molar-refractivity contribution is 6.17. The maximum atomic E-state index is 12.0. The highest BCUT2D eigenvalue weighted by Crippen LogP contribution is 2.25. The molecule has 2 amide bonds. The van der Waals surface area contributed by atoms with Gasteiger partial charge in [-0.2, -0.15) is 0 Å². The molecule has 1 aromatic rings. The lowest BCUT2D eigenvalue weighted by atomic mass is 9.92. The van der Waals surface area contributed by atoms with Crippen LogP contribution in [-0.2, 0) is 25.7 Å². The number of carbonyl (C=O) groups is 3. The van der Waals surface area contributed by atoms with Gasteiger partial charge in [0.05, 0.1) is 6.42 Å². The third kappa shape index (κ3) is 4.31. The lowest BCUT2D eigenvalue weighted by molar-refractivity contribution is -0.144. The van der Waals surface area contributed by atoms with Gasteiger partial charge in [0.1, 0.15) is 6.61 Å². The Morgan fingerprint density at radius 1 is 1.12 bits per heavy atom. The third-order valence-corrected chi connectivity index (χ3v) is 4.01. The number of carbonyl (C=O) groups excluding carboxylic acids is 3. The Balaban J connectivity index is 2.06. The molecule has 1 aliphatic heterocycles. The van der Waals surface area contributed by atoms with Gasteiger partial charge in [0.2, 0.25) is 0 Å². The van der Waals surface area contributed by atoms with E-state index in [0.717, 1.165) is 17.2 Å². The van der Waals surface area contributed by atoms with Crippen LogP contribution < -0.4 is 5.32 Å². The standard InChI is InChI=1S/C19H23NO4/c1-11(2)13-5-6-16(12(3)4)15(7-13)10-24-18(22)9-14-8-17(21)20-19(14)23/h5-8,11-12H,9-10H2,1-4H3,(H,20,21,23). The lowest BCUT2D eigenvalue weighted by Crippen LogP contribution is -2.23. The van der Waals surface area contributed by atoms with E-state index in [1.165, 1.54) is 5.56 Å². The zero-order valence-corrected chi connectivity index (χ0v) is 14.5. The van der Waals surface area contributed by atoms with E-state index in [-0.39, 0.29) is 18.6 Å². The van der Waals surface area contributed by atoms with Crippen LogP contribution in [0.5, 0.6) is 0 Å². The molecule has 128 valence electrons. The maximum Gasteiger partial charge on any atom is 0.310 e. The largest absolute Gasteiger partial charge is 0.461 e. The number of nitrogens with one attached hydrogen (secondary N) is 1. The molecule has 0 saturated heterocycles. The Kier molecular flexibility index (Phi) is 5.54. The quantitative estimate of drug-likeness (QED) is 0.643. The van der Waals surface area contributed by atoms with E-state index in [1.54, 1.807) is 0 Å². The summed E-state index contributed by atoms with van der Waals surface area (Å²) < 4.78 is 5.33. The first kappa shape index (κ1) is 17.9. The van der Waals surface area contributed by atoms with Gasteiger partial charge >= 0.3 is 5.97 Å². The number of hydrogen-bond donors (Lipinski definition) is 1. The van der Waals surface area contributed by atoms with Crippen molar-refractivity contribution in [2.45, 2.75) is 52.6 Å². The van der Waals surface area contributed by atoms with Gasteiger partial charge in [0, 0.05) is 11.6 Å². The van der Waals surface area contributed by atoms with Crippen molar-refractivity contribution >= 4 is 17.8 Å². The Hall–Kier alpha value is -2.43. The number of ether oxygens (including phenoxy) is 1. The summed E-state index contributed by atoms with van der Waals surface area (Å²) in [7, 11) is 0. The first-order valence-electron chi connectivity index (χ1n) is 8.12. The summed E-state index contributed by atoms with van der Waals surface area (Å²) in [5.74, 6) is -0.827. The van der Waals surface area contributed by atoms with Crippen LogP contribution in [0.25, 0.3) is 0 Å². The van der Waals surface area contributed by atoms with Crippen molar-refractivity contribution < 1.29 is 19.1 Å². The second-order valence-corrected chi connectivity index (χ2v) is 6.59. The van der Waals surface area contributed by atoms with Crippen molar-refractivity contribution in [2.24, 2.45) is 0 Å². The fourth-order valence-corrected chi connectivity index (χ4v) is 2.62. The molecule has 1 aliphatic rings. The van der Waals surface area contributed by atoms with Crippen LogP contribution in [0.4, 0.5) is 0 Å². The summed E-state index contributed by atoms with van der Waals surface area (Å²) in [6.45, 7) is 8.57. The first-order chi connectivity index (χ1) is 11.3. The van der Waals surface area contributed by atoms with E-state index in [2.05, 4.69) is 51.2 Å². The molecule has 0 aromatic heterocycles. The highest BCUT2D eigenvalue weighted by atomic mass is 16.5. The molecule has 1 N–H and O–H groups in total. The van der Waals surface area contributed by atoms with Crippen LogP contribution >= 0.6 is 0 Å². The molecule has 5 heteroatoms. The van der Waals surface area contributed by atoms with E-state index < -0.39 is 17.8 Å². The summed E-state index contributed by atoms with van der Waals surface area (Å²) >= 11 is 0. The minimum absolute atomic E-state index is 0.144.